The van der Waals surface area contributed by atoms with E-state index in [1.165, 1.54) is 83.1 Å². The van der Waals surface area contributed by atoms with Crippen LogP contribution < -0.4 is 74.4 Å². The molecule has 1 aliphatic heterocycles. The Labute approximate surface area is 634 Å². The molecule has 600 valence electrons. The van der Waals surface area contributed by atoms with Crippen LogP contribution in [0.15, 0.2) is 30.3 Å². The number of anilines is 1. The van der Waals surface area contributed by atoms with Crippen LogP contribution >= 0.6 is 0 Å². The maximum atomic E-state index is 14.4. The molecule has 107 heavy (non-hydrogen) atoms. The first kappa shape index (κ1) is 92.4. The number of hydrogen-bond donors (Lipinski definition) is 13. The van der Waals surface area contributed by atoms with Gasteiger partial charge in [0, 0.05) is 53.8 Å². The Morgan fingerprint density at radius 1 is 0.374 bits per heavy atom. The molecule has 0 aromatic heterocycles. The smallest absolute Gasteiger partial charge is 0.261 e. The fraction of sp³-hybridized carbons (Fsp3) is 0.692. The zero-order chi connectivity index (χ0) is 82.1. The zero-order valence-corrected chi connectivity index (χ0v) is 68.6. The second-order valence-electron chi connectivity index (χ2n) is 34.3. The lowest BCUT2D eigenvalue weighted by Crippen LogP contribution is -2.66. The number of nitrogens with one attached hydrogen (secondary N) is 12. The van der Waals surface area contributed by atoms with Crippen molar-refractivity contribution in [2.45, 2.75) is 288 Å². The van der Waals surface area contributed by atoms with Crippen molar-refractivity contribution in [1.82, 2.24) is 68.7 Å². The summed E-state index contributed by atoms with van der Waals surface area (Å²) in [6.45, 7) is 44.5. The topological polar surface area (TPSA) is 416 Å². The third-order valence-electron chi connectivity index (χ3n) is 18.4. The molecule has 0 spiro atoms. The SMILES string of the molecule is CCN(CC)c1ccc2c3c(cccc13)C(=O)N(CCNC(=O)C(C)(C)NC(=O)[C@@H](CC(C)C)NC(=O)C(C)(C)NC(=O)[C@@H](CC(C)C)NC(=O)C(C)(C)NC(=O)[C@@H](CC(C)C)NC(=O)C(C)(C)NC(=O)[C@@H](CC(C)C)NC(=O)C(C)(C)NC(=O)[C@@H](CC(C)C)NC(=O)C(C)(C)NC(=O)[C@H](N)CC(C)C)C2=O. The van der Waals surface area contributed by atoms with Crippen molar-refractivity contribution in [2.24, 2.45) is 41.2 Å². The van der Waals surface area contributed by atoms with Crippen LogP contribution in [0.4, 0.5) is 5.69 Å². The summed E-state index contributed by atoms with van der Waals surface area (Å²) in [5, 5.41) is 34.0. The minimum Gasteiger partial charge on any atom is -0.372 e. The molecule has 2 aromatic carbocycles. The van der Waals surface area contributed by atoms with Crippen LogP contribution in [0.1, 0.15) is 239 Å². The molecular formula is C78H129N15O14. The van der Waals surface area contributed by atoms with Gasteiger partial charge in [0.15, 0.2) is 0 Å². The van der Waals surface area contributed by atoms with Gasteiger partial charge >= 0.3 is 0 Å². The van der Waals surface area contributed by atoms with Gasteiger partial charge in [-0.3, -0.25) is 72.0 Å². The van der Waals surface area contributed by atoms with E-state index in [0.717, 1.165) is 29.1 Å². The minimum absolute atomic E-state index is 0.0673. The molecule has 29 nitrogen and oxygen atoms in total. The Morgan fingerprint density at radius 2 is 0.636 bits per heavy atom. The summed E-state index contributed by atoms with van der Waals surface area (Å²) in [6, 6.07) is 1.92. The molecule has 14 N–H and O–H groups in total. The molecule has 3 rings (SSSR count). The first-order valence-electron chi connectivity index (χ1n) is 37.7. The zero-order valence-electron chi connectivity index (χ0n) is 68.6. The predicted octanol–water partition coefficient (Wildman–Crippen LogP) is 4.79. The van der Waals surface area contributed by atoms with Crippen molar-refractivity contribution < 1.29 is 67.1 Å². The molecule has 0 fully saturated rings. The van der Waals surface area contributed by atoms with Gasteiger partial charge in [-0.1, -0.05) is 95.2 Å². The predicted molar refractivity (Wildman–Crippen MR) is 414 cm³/mol. The summed E-state index contributed by atoms with van der Waals surface area (Å²) in [4.78, 5) is 199. The third kappa shape index (κ3) is 26.6. The minimum atomic E-state index is -1.74. The van der Waals surface area contributed by atoms with E-state index in [4.69, 9.17) is 5.73 Å². The summed E-state index contributed by atoms with van der Waals surface area (Å²) in [7, 11) is 0. The summed E-state index contributed by atoms with van der Waals surface area (Å²) < 4.78 is 0. The Balaban J connectivity index is 1.72. The Hall–Kier alpha value is -8.76. The maximum Gasteiger partial charge on any atom is 0.261 e. The van der Waals surface area contributed by atoms with Crippen LogP contribution in [0, 0.1) is 35.5 Å². The monoisotopic (exact) mass is 1500 g/mol. The molecule has 0 saturated heterocycles. The largest absolute Gasteiger partial charge is 0.372 e. The van der Waals surface area contributed by atoms with Gasteiger partial charge in [-0.05, 0) is 189 Å². The summed E-state index contributed by atoms with van der Waals surface area (Å²) >= 11 is 0. The van der Waals surface area contributed by atoms with Gasteiger partial charge in [-0.25, -0.2) is 0 Å². The quantitative estimate of drug-likeness (QED) is 0.0398. The van der Waals surface area contributed by atoms with E-state index in [2.05, 4.69) is 68.7 Å². The number of benzene rings is 2. The van der Waals surface area contributed by atoms with E-state index in [1.54, 1.807) is 18.2 Å². The molecule has 6 atom stereocenters. The van der Waals surface area contributed by atoms with E-state index >= 15 is 0 Å². The highest BCUT2D eigenvalue weighted by Crippen LogP contribution is 2.36. The highest BCUT2D eigenvalue weighted by molar-refractivity contribution is 6.27. The van der Waals surface area contributed by atoms with Crippen LogP contribution in [-0.2, 0) is 57.5 Å². The van der Waals surface area contributed by atoms with Gasteiger partial charge in [0.1, 0.15) is 63.4 Å². The molecule has 29 heteroatoms. The average Bonchev–Trinajstić information content (AvgIpc) is 0.737. The Kier molecular flexibility index (Phi) is 33.1. The number of nitrogens with two attached hydrogens (primary N) is 1. The van der Waals surface area contributed by atoms with Crippen LogP contribution in [0.25, 0.3) is 10.8 Å². The van der Waals surface area contributed by atoms with Crippen molar-refractivity contribution >= 4 is 99.2 Å². The van der Waals surface area contributed by atoms with Crippen LogP contribution in [0.2, 0.25) is 0 Å². The second-order valence-corrected chi connectivity index (χ2v) is 34.3. The van der Waals surface area contributed by atoms with Gasteiger partial charge in [0.05, 0.1) is 6.04 Å². The van der Waals surface area contributed by atoms with Gasteiger partial charge in [0.2, 0.25) is 70.9 Å². The highest BCUT2D eigenvalue weighted by Gasteiger charge is 2.44. The van der Waals surface area contributed by atoms with E-state index in [-0.39, 0.29) is 80.7 Å². The number of imide groups is 1. The first-order chi connectivity index (χ1) is 49.1. The average molecular weight is 1500 g/mol. The molecule has 0 unspecified atom stereocenters. The molecule has 0 saturated carbocycles. The summed E-state index contributed by atoms with van der Waals surface area (Å²) in [5.74, 6) is -10.4. The first-order valence-corrected chi connectivity index (χ1v) is 37.7. The number of carbonyl (C=O) groups excluding carboxylic acids is 14. The third-order valence-corrected chi connectivity index (χ3v) is 18.4. The highest BCUT2D eigenvalue weighted by atomic mass is 16.2. The lowest BCUT2D eigenvalue weighted by atomic mass is 9.92. The van der Waals surface area contributed by atoms with E-state index < -0.39 is 152 Å². The number of carbonyl (C=O) groups is 14. The van der Waals surface area contributed by atoms with Crippen LogP contribution in [-0.4, -0.2) is 183 Å². The standard InChI is InChI=1S/C78H129N15O14/c1-27-92(28-2)57-33-32-50-58-48(57)30-29-31-49(58)65(100)93(66(50)101)35-34-80-67(102)73(15,16)87-60(95)52(37-43(5)6)82-69(104)75(19,20)89-62(97)54(39-45(9)10)84-71(106)77(23,24)91-64(99)56(41-47(13)14)85-72(107)78(25,26)90-63(98)55(40-46(11)12)83-70(105)76(21,22)88-61(96)53(38-44(7)8)81-68(103)74(17,18)86-59(94)51(79)36-42(3)4/h29-33,42-47,51-56H,27-28,34-41,79H2,1-26H3,(H,80,102)(H,81,103)(H,82,104)(H,83,105)(H,84,106)(H,85,107)(H,86,94)(H,87,95)(H,88,96)(H,89,97)(H,90,98)(H,91,99)/t51-,52-,53-,54-,55-,56-/m1/s1. The molecule has 1 aliphatic rings. The molecule has 2 aromatic rings. The molecule has 1 heterocycles. The number of nitrogens with zero attached hydrogens (tertiary/aromatic N) is 2. The Morgan fingerprint density at radius 3 is 0.907 bits per heavy atom. The number of amides is 14. The summed E-state index contributed by atoms with van der Waals surface area (Å²) in [6.07, 6.45) is 0.889. The van der Waals surface area contributed by atoms with Gasteiger partial charge < -0.3 is 74.4 Å². The Bertz CT molecular complexity index is 3550. The van der Waals surface area contributed by atoms with Gasteiger partial charge in [0.25, 0.3) is 11.8 Å². The summed E-state index contributed by atoms with van der Waals surface area (Å²) in [5.41, 5.74) is -2.19. The maximum absolute atomic E-state index is 14.4. The van der Waals surface area contributed by atoms with Crippen molar-refractivity contribution in [2.75, 3.05) is 31.1 Å². The van der Waals surface area contributed by atoms with Crippen molar-refractivity contribution in [3.63, 3.8) is 0 Å². The number of hydrogen-bond acceptors (Lipinski definition) is 16. The molecule has 14 amide bonds. The van der Waals surface area contributed by atoms with Gasteiger partial charge in [-0.2, -0.15) is 0 Å². The number of rotatable bonds is 41. The molecule has 0 radical (unpaired) electrons. The molecule has 0 aliphatic carbocycles. The lowest BCUT2D eigenvalue weighted by molar-refractivity contribution is -0.140. The normalized spacial score (nSPS) is 14.7. The second kappa shape index (κ2) is 38.4. The fourth-order valence-electron chi connectivity index (χ4n) is 12.2. The van der Waals surface area contributed by atoms with Crippen molar-refractivity contribution in [1.29, 1.82) is 0 Å². The van der Waals surface area contributed by atoms with Gasteiger partial charge in [-0.15, -0.1) is 0 Å². The van der Waals surface area contributed by atoms with Crippen molar-refractivity contribution in [3.8, 4) is 0 Å². The fourth-order valence-corrected chi connectivity index (χ4v) is 12.2. The van der Waals surface area contributed by atoms with Crippen molar-refractivity contribution in [3.05, 3.63) is 41.5 Å². The van der Waals surface area contributed by atoms with Crippen LogP contribution in [0.5, 0.6) is 0 Å². The van der Waals surface area contributed by atoms with Crippen LogP contribution in [0.3, 0.4) is 0 Å². The van der Waals surface area contributed by atoms with E-state index in [1.807, 2.05) is 109 Å². The van der Waals surface area contributed by atoms with E-state index in [9.17, 15) is 67.1 Å². The molecular weight excluding hydrogens is 1370 g/mol. The van der Waals surface area contributed by atoms with E-state index in [0.29, 0.717) is 22.9 Å². The molecule has 0 bridgehead atoms. The lowest BCUT2D eigenvalue weighted by Gasteiger charge is -2.34.